The molecule has 4 aromatic rings. The summed E-state index contributed by atoms with van der Waals surface area (Å²) in [6, 6.07) is 24.7. The Kier molecular flexibility index (Phi) is 7.36. The summed E-state index contributed by atoms with van der Waals surface area (Å²) in [7, 11) is 3.87. The van der Waals surface area contributed by atoms with Crippen molar-refractivity contribution in [2.24, 2.45) is 0 Å². The van der Waals surface area contributed by atoms with Crippen LogP contribution in [0, 0.1) is 11.3 Å². The average Bonchev–Trinajstić information content (AvgIpc) is 2.86. The molecule has 0 fully saturated rings. The van der Waals surface area contributed by atoms with Crippen molar-refractivity contribution >= 4 is 33.9 Å². The first-order valence-corrected chi connectivity index (χ1v) is 11.1. The summed E-state index contributed by atoms with van der Waals surface area (Å²) in [6.45, 7) is 0.670. The predicted molar refractivity (Wildman–Crippen MR) is 139 cm³/mol. The van der Waals surface area contributed by atoms with Crippen molar-refractivity contribution in [2.75, 3.05) is 31.3 Å². The number of carbonyl (C=O) groups is 1. The standard InChI is InChI=1S/C28H25N5O2/c1-33(2)16-6-9-27(34)31-22-12-15-26-25(17-22)28(20(18-29)19-30-26)32-21-10-13-24(14-11-21)35-23-7-4-3-5-8-23/h3-15,17,19H,16H2,1-2H3,(H,30,32)(H,31,34). The summed E-state index contributed by atoms with van der Waals surface area (Å²) in [5.41, 5.74) is 3.13. The number of nitriles is 1. The van der Waals surface area contributed by atoms with E-state index in [2.05, 4.69) is 21.7 Å². The Morgan fingerprint density at radius 1 is 1.03 bits per heavy atom. The second-order valence-corrected chi connectivity index (χ2v) is 8.11. The van der Waals surface area contributed by atoms with E-state index < -0.39 is 0 Å². The highest BCUT2D eigenvalue weighted by Gasteiger charge is 2.11. The molecule has 1 amide bonds. The molecular weight excluding hydrogens is 438 g/mol. The van der Waals surface area contributed by atoms with Crippen molar-refractivity contribution in [1.82, 2.24) is 9.88 Å². The maximum absolute atomic E-state index is 12.3. The molecule has 0 unspecified atom stereocenters. The van der Waals surface area contributed by atoms with Crippen molar-refractivity contribution in [3.8, 4) is 17.6 Å². The molecule has 0 saturated heterocycles. The van der Waals surface area contributed by atoms with Gasteiger partial charge in [0.1, 0.15) is 17.6 Å². The fourth-order valence-corrected chi connectivity index (χ4v) is 3.42. The smallest absolute Gasteiger partial charge is 0.248 e. The number of rotatable bonds is 8. The largest absolute Gasteiger partial charge is 0.457 e. The van der Waals surface area contributed by atoms with Crippen molar-refractivity contribution in [3.05, 3.63) is 96.7 Å². The monoisotopic (exact) mass is 463 g/mol. The summed E-state index contributed by atoms with van der Waals surface area (Å²) in [4.78, 5) is 18.6. The molecule has 0 aliphatic rings. The number of hydrogen-bond donors (Lipinski definition) is 2. The van der Waals surface area contributed by atoms with Crippen LogP contribution in [0.3, 0.4) is 0 Å². The number of para-hydroxylation sites is 1. The summed E-state index contributed by atoms with van der Waals surface area (Å²) in [5, 5.41) is 16.6. The topological polar surface area (TPSA) is 90.3 Å². The zero-order valence-electron chi connectivity index (χ0n) is 19.5. The molecule has 0 radical (unpaired) electrons. The molecule has 1 heterocycles. The maximum atomic E-state index is 12.3. The van der Waals surface area contributed by atoms with Gasteiger partial charge in [0.2, 0.25) is 5.91 Å². The van der Waals surface area contributed by atoms with Gasteiger partial charge >= 0.3 is 0 Å². The van der Waals surface area contributed by atoms with Gasteiger partial charge in [-0.05, 0) is 68.7 Å². The highest BCUT2D eigenvalue weighted by Crippen LogP contribution is 2.32. The molecule has 0 saturated carbocycles. The normalized spacial score (nSPS) is 10.9. The number of nitrogens with one attached hydrogen (secondary N) is 2. The van der Waals surface area contributed by atoms with Gasteiger partial charge in [-0.3, -0.25) is 9.78 Å². The lowest BCUT2D eigenvalue weighted by Crippen LogP contribution is -2.12. The zero-order chi connectivity index (χ0) is 24.6. The molecular formula is C28H25N5O2. The number of carbonyl (C=O) groups excluding carboxylic acids is 1. The van der Waals surface area contributed by atoms with E-state index in [1.165, 1.54) is 6.08 Å². The molecule has 174 valence electrons. The fourth-order valence-electron chi connectivity index (χ4n) is 3.42. The SMILES string of the molecule is CN(C)CC=CC(=O)Nc1ccc2ncc(C#N)c(Nc3ccc(Oc4ccccc4)cc3)c2c1. The van der Waals surface area contributed by atoms with Crippen LogP contribution in [0.25, 0.3) is 10.9 Å². The Morgan fingerprint density at radius 3 is 2.46 bits per heavy atom. The summed E-state index contributed by atoms with van der Waals surface area (Å²) < 4.78 is 5.85. The van der Waals surface area contributed by atoms with Crippen LogP contribution < -0.4 is 15.4 Å². The number of hydrogen-bond acceptors (Lipinski definition) is 6. The third-order valence-electron chi connectivity index (χ3n) is 5.10. The zero-order valence-corrected chi connectivity index (χ0v) is 19.5. The van der Waals surface area contributed by atoms with Crippen molar-refractivity contribution in [2.45, 2.75) is 0 Å². The van der Waals surface area contributed by atoms with Crippen molar-refractivity contribution in [3.63, 3.8) is 0 Å². The molecule has 0 aliphatic heterocycles. The number of anilines is 3. The molecule has 1 aromatic heterocycles. The van der Waals surface area contributed by atoms with Gasteiger partial charge in [-0.25, -0.2) is 0 Å². The first-order valence-electron chi connectivity index (χ1n) is 11.1. The van der Waals surface area contributed by atoms with E-state index in [0.717, 1.165) is 16.8 Å². The first kappa shape index (κ1) is 23.5. The first-order chi connectivity index (χ1) is 17.0. The van der Waals surface area contributed by atoms with E-state index in [0.29, 0.717) is 34.7 Å². The van der Waals surface area contributed by atoms with Gasteiger partial charge in [-0.1, -0.05) is 24.3 Å². The van der Waals surface area contributed by atoms with Crippen LogP contribution in [0.5, 0.6) is 11.5 Å². The maximum Gasteiger partial charge on any atom is 0.248 e. The minimum atomic E-state index is -0.223. The Labute approximate surface area is 204 Å². The molecule has 0 aliphatic carbocycles. The minimum absolute atomic E-state index is 0.223. The van der Waals surface area contributed by atoms with Crippen molar-refractivity contribution < 1.29 is 9.53 Å². The van der Waals surface area contributed by atoms with Crippen LogP contribution >= 0.6 is 0 Å². The van der Waals surface area contributed by atoms with Gasteiger partial charge in [-0.15, -0.1) is 0 Å². The predicted octanol–water partition coefficient (Wildman–Crippen LogP) is 5.70. The van der Waals surface area contributed by atoms with Gasteiger partial charge in [-0.2, -0.15) is 5.26 Å². The molecule has 0 atom stereocenters. The van der Waals surface area contributed by atoms with E-state index in [1.807, 2.05) is 85.7 Å². The number of amides is 1. The van der Waals surface area contributed by atoms with E-state index in [1.54, 1.807) is 18.3 Å². The Morgan fingerprint density at radius 2 is 1.74 bits per heavy atom. The Balaban J connectivity index is 1.57. The van der Waals surface area contributed by atoms with Crippen LogP contribution in [0.4, 0.5) is 17.1 Å². The van der Waals surface area contributed by atoms with E-state index >= 15 is 0 Å². The van der Waals surface area contributed by atoms with Crippen LogP contribution in [0.15, 0.2) is 91.1 Å². The summed E-state index contributed by atoms with van der Waals surface area (Å²) in [5.74, 6) is 1.24. The van der Waals surface area contributed by atoms with Gasteiger partial charge in [0.25, 0.3) is 0 Å². The minimum Gasteiger partial charge on any atom is -0.457 e. The number of aromatic nitrogens is 1. The van der Waals surface area contributed by atoms with Gasteiger partial charge < -0.3 is 20.3 Å². The quantitative estimate of drug-likeness (QED) is 0.326. The number of fused-ring (bicyclic) bond motifs is 1. The fraction of sp³-hybridized carbons (Fsp3) is 0.107. The molecule has 0 spiro atoms. The number of nitrogens with zero attached hydrogens (tertiary/aromatic N) is 3. The summed E-state index contributed by atoms with van der Waals surface area (Å²) >= 11 is 0. The third-order valence-corrected chi connectivity index (χ3v) is 5.10. The van der Waals surface area contributed by atoms with Crippen molar-refractivity contribution in [1.29, 1.82) is 5.26 Å². The number of likely N-dealkylation sites (N-methyl/N-ethyl adjacent to an activating group) is 1. The molecule has 35 heavy (non-hydrogen) atoms. The van der Waals surface area contributed by atoms with E-state index in [-0.39, 0.29) is 5.91 Å². The van der Waals surface area contributed by atoms with E-state index in [9.17, 15) is 10.1 Å². The van der Waals surface area contributed by atoms with Gasteiger partial charge in [0.15, 0.2) is 0 Å². The highest BCUT2D eigenvalue weighted by atomic mass is 16.5. The molecule has 0 bridgehead atoms. The van der Waals surface area contributed by atoms with Gasteiger partial charge in [0.05, 0.1) is 16.8 Å². The lowest BCUT2D eigenvalue weighted by Gasteiger charge is -2.13. The van der Waals surface area contributed by atoms with E-state index in [4.69, 9.17) is 4.74 Å². The summed E-state index contributed by atoms with van der Waals surface area (Å²) in [6.07, 6.45) is 4.84. The molecule has 4 rings (SSSR count). The lowest BCUT2D eigenvalue weighted by molar-refractivity contribution is -0.111. The Hall–Kier alpha value is -4.67. The Bertz CT molecular complexity index is 1390. The highest BCUT2D eigenvalue weighted by molar-refractivity contribution is 6.03. The third kappa shape index (κ3) is 6.22. The molecule has 7 heteroatoms. The molecule has 7 nitrogen and oxygen atoms in total. The van der Waals surface area contributed by atoms with Crippen LogP contribution in [0.1, 0.15) is 5.56 Å². The number of ether oxygens (including phenoxy) is 1. The molecule has 2 N–H and O–H groups in total. The average molecular weight is 464 g/mol. The molecule has 3 aromatic carbocycles. The number of pyridine rings is 1. The second-order valence-electron chi connectivity index (χ2n) is 8.11. The van der Waals surface area contributed by atoms with Crippen LogP contribution in [-0.2, 0) is 4.79 Å². The van der Waals surface area contributed by atoms with Crippen LogP contribution in [-0.4, -0.2) is 36.4 Å². The second kappa shape index (κ2) is 11.0. The van der Waals surface area contributed by atoms with Crippen LogP contribution in [0.2, 0.25) is 0 Å². The van der Waals surface area contributed by atoms with Gasteiger partial charge in [0, 0.05) is 35.6 Å². The lowest BCUT2D eigenvalue weighted by atomic mass is 10.1. The number of benzene rings is 3.